The van der Waals surface area contributed by atoms with Gasteiger partial charge >= 0.3 is 0 Å². The van der Waals surface area contributed by atoms with Crippen molar-refractivity contribution in [2.75, 3.05) is 31.8 Å². The van der Waals surface area contributed by atoms with Crippen molar-refractivity contribution in [2.24, 2.45) is 0 Å². The van der Waals surface area contributed by atoms with E-state index in [0.29, 0.717) is 11.4 Å². The summed E-state index contributed by atoms with van der Waals surface area (Å²) in [4.78, 5) is 31.9. The van der Waals surface area contributed by atoms with Crippen LogP contribution in [0.15, 0.2) is 41.2 Å². The van der Waals surface area contributed by atoms with Crippen LogP contribution in [0.25, 0.3) is 10.9 Å². The van der Waals surface area contributed by atoms with Gasteiger partial charge in [-0.2, -0.15) is 0 Å². The lowest BCUT2D eigenvalue weighted by Gasteiger charge is -2.29. The molecule has 2 aromatic carbocycles. The van der Waals surface area contributed by atoms with Crippen molar-refractivity contribution >= 4 is 38.2 Å². The Morgan fingerprint density at radius 1 is 1.24 bits per heavy atom. The molecule has 1 fully saturated rings. The maximum Gasteiger partial charge on any atom is 0.287 e. The van der Waals surface area contributed by atoms with Gasteiger partial charge in [0.15, 0.2) is 17.4 Å². The largest absolute Gasteiger partial charge is 0.489 e. The van der Waals surface area contributed by atoms with E-state index in [1.54, 1.807) is 24.3 Å². The first-order valence-corrected chi connectivity index (χ1v) is 13.8. The zero-order valence-electron chi connectivity index (χ0n) is 19.8. The van der Waals surface area contributed by atoms with Gasteiger partial charge in [-0.1, -0.05) is 23.7 Å². The zero-order valence-corrected chi connectivity index (χ0v) is 21.4. The molecular formula is C24H25ClFN3O7S. The van der Waals surface area contributed by atoms with Gasteiger partial charge in [-0.05, 0) is 29.8 Å². The number of rotatable bonds is 9. The smallest absolute Gasteiger partial charge is 0.287 e. The Morgan fingerprint density at radius 2 is 2.00 bits per heavy atom. The molecule has 4 rings (SSSR count). The first kappa shape index (κ1) is 27.0. The minimum Gasteiger partial charge on any atom is -0.489 e. The number of ether oxygens (including phenoxy) is 3. The van der Waals surface area contributed by atoms with Gasteiger partial charge in [-0.3, -0.25) is 9.59 Å². The summed E-state index contributed by atoms with van der Waals surface area (Å²) < 4.78 is 54.1. The number of hydrogen-bond donors (Lipinski definition) is 2. The number of benzene rings is 2. The van der Waals surface area contributed by atoms with Crippen LogP contribution in [-0.2, 0) is 25.9 Å². The molecule has 37 heavy (non-hydrogen) atoms. The highest BCUT2D eigenvalue weighted by molar-refractivity contribution is 7.90. The van der Waals surface area contributed by atoms with Crippen LogP contribution < -0.4 is 15.6 Å². The number of H-pyrrole nitrogens is 1. The summed E-state index contributed by atoms with van der Waals surface area (Å²) in [6, 6.07) is 9.34. The second kappa shape index (κ2) is 11.5. The van der Waals surface area contributed by atoms with Crippen molar-refractivity contribution in [2.45, 2.75) is 25.2 Å². The molecule has 3 aromatic rings. The fourth-order valence-corrected chi connectivity index (χ4v) is 4.90. The summed E-state index contributed by atoms with van der Waals surface area (Å²) in [5.74, 6) is -2.02. The second-order valence-electron chi connectivity index (χ2n) is 8.64. The molecule has 1 saturated heterocycles. The number of carbonyl (C=O) groups is 1. The molecule has 0 saturated carbocycles. The van der Waals surface area contributed by atoms with Gasteiger partial charge in [-0.15, -0.1) is 0 Å². The van der Waals surface area contributed by atoms with Crippen LogP contribution >= 0.6 is 11.6 Å². The van der Waals surface area contributed by atoms with Gasteiger partial charge in [0.05, 0.1) is 43.3 Å². The van der Waals surface area contributed by atoms with Gasteiger partial charge in [0.2, 0.25) is 0 Å². The lowest BCUT2D eigenvalue weighted by molar-refractivity contribution is -0.129. The maximum absolute atomic E-state index is 14.6. The molecule has 2 unspecified atom stereocenters. The number of fused-ring (bicyclic) bond motifs is 1. The molecule has 0 spiro atoms. The number of hydrogen-bond acceptors (Lipinski definition) is 8. The lowest BCUT2D eigenvalue weighted by Crippen LogP contribution is -2.39. The van der Waals surface area contributed by atoms with Gasteiger partial charge in [0.25, 0.3) is 11.5 Å². The Hall–Kier alpha value is -3.06. The third-order valence-corrected chi connectivity index (χ3v) is 6.76. The Balaban J connectivity index is 1.40. The predicted octanol–water partition coefficient (Wildman–Crippen LogP) is 2.24. The number of aromatic nitrogens is 2. The highest BCUT2D eigenvalue weighted by Crippen LogP contribution is 2.26. The van der Waals surface area contributed by atoms with Crippen molar-refractivity contribution in [3.63, 3.8) is 0 Å². The summed E-state index contributed by atoms with van der Waals surface area (Å²) in [6.07, 6.45) is 0.531. The van der Waals surface area contributed by atoms with Gasteiger partial charge in [0, 0.05) is 24.2 Å². The fourth-order valence-electron chi connectivity index (χ4n) is 3.82. The first-order chi connectivity index (χ1) is 17.6. The molecule has 198 valence electrons. The molecular weight excluding hydrogens is 529 g/mol. The average Bonchev–Trinajstić information content (AvgIpc) is 2.84. The standard InChI is InChI=1S/C24H25ClFN3O7S/c1-37(32,33)13-17-12-35-16(11-36-17)7-8-34-21-18(26)5-6-19-20(21)23(30)29-22(28-19)24(31)27-10-14-3-2-4-15(25)9-14/h2-6,9,16-17H,7-8,10-13H2,1H3,(H,27,31)(H,28,29,30). The third kappa shape index (κ3) is 7.25. The van der Waals surface area contributed by atoms with E-state index in [1.807, 2.05) is 0 Å². The number of amides is 1. The lowest BCUT2D eigenvalue weighted by atomic mass is 10.2. The minimum atomic E-state index is -3.19. The summed E-state index contributed by atoms with van der Waals surface area (Å²) in [5, 5.41) is 3.05. The van der Waals surface area contributed by atoms with E-state index in [1.165, 1.54) is 6.07 Å². The van der Waals surface area contributed by atoms with Crippen LogP contribution in [0.2, 0.25) is 5.02 Å². The summed E-state index contributed by atoms with van der Waals surface area (Å²) in [5.41, 5.74) is 0.127. The van der Waals surface area contributed by atoms with Gasteiger partial charge in [0.1, 0.15) is 15.2 Å². The van der Waals surface area contributed by atoms with E-state index in [9.17, 15) is 22.4 Å². The predicted molar refractivity (Wildman–Crippen MR) is 134 cm³/mol. The summed E-state index contributed by atoms with van der Waals surface area (Å²) >= 11 is 5.95. The zero-order chi connectivity index (χ0) is 26.6. The monoisotopic (exact) mass is 553 g/mol. The molecule has 2 N–H and O–H groups in total. The molecule has 0 bridgehead atoms. The van der Waals surface area contributed by atoms with E-state index in [4.69, 9.17) is 25.8 Å². The number of sulfone groups is 1. The van der Waals surface area contributed by atoms with Crippen molar-refractivity contribution < 1.29 is 31.8 Å². The van der Waals surface area contributed by atoms with E-state index < -0.39 is 33.2 Å². The molecule has 1 amide bonds. The Morgan fingerprint density at radius 3 is 2.70 bits per heavy atom. The number of aromatic amines is 1. The maximum atomic E-state index is 14.6. The van der Waals surface area contributed by atoms with Crippen molar-refractivity contribution in [3.05, 3.63) is 69.0 Å². The molecule has 2 heterocycles. The summed E-state index contributed by atoms with van der Waals surface area (Å²) in [7, 11) is -3.19. The van der Waals surface area contributed by atoms with Gasteiger partial charge in [-0.25, -0.2) is 17.8 Å². The van der Waals surface area contributed by atoms with Gasteiger partial charge < -0.3 is 24.5 Å². The molecule has 2 atom stereocenters. The van der Waals surface area contributed by atoms with Crippen LogP contribution in [-0.4, -0.2) is 68.3 Å². The normalized spacial score (nSPS) is 18.0. The number of carbonyl (C=O) groups excluding carboxylic acids is 1. The van der Waals surface area contributed by atoms with Crippen molar-refractivity contribution in [1.82, 2.24) is 15.3 Å². The first-order valence-electron chi connectivity index (χ1n) is 11.4. The summed E-state index contributed by atoms with van der Waals surface area (Å²) in [6.45, 7) is 0.451. The van der Waals surface area contributed by atoms with Crippen LogP contribution in [0.3, 0.4) is 0 Å². The van der Waals surface area contributed by atoms with Crippen LogP contribution in [0.4, 0.5) is 4.39 Å². The second-order valence-corrected chi connectivity index (χ2v) is 11.3. The Bertz CT molecular complexity index is 1460. The molecule has 0 aliphatic carbocycles. The number of nitrogens with zero attached hydrogens (tertiary/aromatic N) is 1. The SMILES string of the molecule is CS(=O)(=O)CC1COC(CCOc2c(F)ccc3nc(C(=O)NCc4cccc(Cl)c4)[nH]c(=O)c23)CO1. The fraction of sp³-hybridized carbons (Fsp3) is 0.375. The van der Waals surface area contributed by atoms with Crippen LogP contribution in [0.1, 0.15) is 22.6 Å². The minimum absolute atomic E-state index is 0.00210. The Kier molecular flexibility index (Phi) is 8.42. The molecule has 1 aliphatic rings. The topological polar surface area (TPSA) is 137 Å². The third-order valence-electron chi connectivity index (χ3n) is 5.55. The highest BCUT2D eigenvalue weighted by atomic mass is 35.5. The number of nitrogens with one attached hydrogen (secondary N) is 2. The highest BCUT2D eigenvalue weighted by Gasteiger charge is 2.25. The van der Waals surface area contributed by atoms with E-state index in [-0.39, 0.29) is 60.7 Å². The quantitative estimate of drug-likeness (QED) is 0.412. The van der Waals surface area contributed by atoms with E-state index in [2.05, 4.69) is 15.3 Å². The van der Waals surface area contributed by atoms with Crippen LogP contribution in [0.5, 0.6) is 5.75 Å². The molecule has 1 aromatic heterocycles. The molecule has 13 heteroatoms. The Labute approximate surface area is 217 Å². The number of halogens is 2. The van der Waals surface area contributed by atoms with Crippen molar-refractivity contribution in [1.29, 1.82) is 0 Å². The molecule has 0 radical (unpaired) electrons. The molecule has 10 nitrogen and oxygen atoms in total. The van der Waals surface area contributed by atoms with Crippen molar-refractivity contribution in [3.8, 4) is 5.75 Å². The average molecular weight is 554 g/mol. The van der Waals surface area contributed by atoms with Crippen LogP contribution in [0, 0.1) is 5.82 Å². The van der Waals surface area contributed by atoms with E-state index in [0.717, 1.165) is 17.9 Å². The molecule has 1 aliphatic heterocycles. The van der Waals surface area contributed by atoms with E-state index >= 15 is 0 Å².